The van der Waals surface area contributed by atoms with Crippen molar-refractivity contribution in [3.63, 3.8) is 0 Å². The summed E-state index contributed by atoms with van der Waals surface area (Å²) >= 11 is 0. The van der Waals surface area contributed by atoms with Crippen LogP contribution in [0.3, 0.4) is 0 Å². The Morgan fingerprint density at radius 1 is 0.862 bits per heavy atom. The van der Waals surface area contributed by atoms with E-state index in [1.807, 2.05) is 12.1 Å². The Morgan fingerprint density at radius 2 is 1.24 bits per heavy atom. The second kappa shape index (κ2) is 12.5. The van der Waals surface area contributed by atoms with Crippen LogP contribution in [0.25, 0.3) is 11.0 Å². The van der Waals surface area contributed by atoms with Crippen molar-refractivity contribution >= 4 is 28.9 Å². The van der Waals surface area contributed by atoms with Crippen molar-refractivity contribution < 1.29 is 28.8 Å². The number of aromatic amines is 1. The van der Waals surface area contributed by atoms with E-state index in [2.05, 4.69) is 9.97 Å². The molecule has 0 amide bonds. The number of imidazole rings is 1. The molecule has 3 aromatic rings. The highest BCUT2D eigenvalue weighted by Crippen LogP contribution is 2.33. The minimum Gasteiger partial charge on any atom is -0.493 e. The van der Waals surface area contributed by atoms with Gasteiger partial charge in [0.15, 0.2) is 23.0 Å². The summed E-state index contributed by atoms with van der Waals surface area (Å²) in [6.45, 7) is -0.250. The summed E-state index contributed by atoms with van der Waals surface area (Å²) in [4.78, 5) is 15.5. The molecule has 0 bridgehead atoms. The second-order valence-corrected chi connectivity index (χ2v) is 5.07. The summed E-state index contributed by atoms with van der Waals surface area (Å²) in [5.74, 6) is 2.58. The lowest BCUT2D eigenvalue weighted by Crippen LogP contribution is -1.97. The number of rotatable bonds is 4. The molecule has 0 spiro atoms. The number of nitrogens with one attached hydrogen (secondary N) is 1. The number of nitrogen functional groups attached to an aromatic ring is 2. The van der Waals surface area contributed by atoms with Gasteiger partial charge in [-0.05, 0) is 0 Å². The molecule has 0 fully saturated rings. The number of carboxylic acid groups (broad SMARTS) is 1. The van der Waals surface area contributed by atoms with Crippen molar-refractivity contribution in [1.82, 2.24) is 9.97 Å². The summed E-state index contributed by atoms with van der Waals surface area (Å²) in [6, 6.07) is 6.97. The first-order chi connectivity index (χ1) is 13.4. The minimum absolute atomic E-state index is 0. The number of nitrogens with two attached hydrogens (primary N) is 2. The minimum atomic E-state index is -0.250. The van der Waals surface area contributed by atoms with E-state index >= 15 is 0 Å². The van der Waals surface area contributed by atoms with Crippen LogP contribution in [0, 0.1) is 0 Å². The molecule has 1 heterocycles. The predicted octanol–water partition coefficient (Wildman–Crippen LogP) is 2.79. The van der Waals surface area contributed by atoms with Gasteiger partial charge in [0.05, 0.1) is 57.2 Å². The molecule has 3 rings (SSSR count). The molecule has 0 aliphatic rings. The molecular formula is C19H28N4O6. The van der Waals surface area contributed by atoms with Crippen LogP contribution in [0.5, 0.6) is 23.0 Å². The van der Waals surface area contributed by atoms with Gasteiger partial charge < -0.3 is 40.5 Å². The first-order valence-corrected chi connectivity index (χ1v) is 7.85. The van der Waals surface area contributed by atoms with E-state index in [1.54, 1.807) is 46.9 Å². The third-order valence-corrected chi connectivity index (χ3v) is 3.51. The topological polar surface area (TPSA) is 155 Å². The maximum atomic E-state index is 8.36. The van der Waals surface area contributed by atoms with Crippen LogP contribution in [0.4, 0.5) is 11.4 Å². The monoisotopic (exact) mass is 408 g/mol. The number of aromatic nitrogens is 2. The standard InChI is InChI=1S/C9H10N2O2.C8H12N2O2.CH2O2.CH4/c1-12-8-3-6-7(11-5-10-6)4-9(8)13-2;1-11-7-3-5(9)6(10)4-8(7)12-2;2-1-3;/h3-5H,1-2H3,(H,10,11);3-4H,9-10H2,1-2H3;1H,(H,2,3);1H4. The number of ether oxygens (including phenoxy) is 4. The molecule has 6 N–H and O–H groups in total. The normalized spacial score (nSPS) is 8.97. The van der Waals surface area contributed by atoms with Crippen LogP contribution < -0.4 is 30.4 Å². The van der Waals surface area contributed by atoms with Gasteiger partial charge in [-0.15, -0.1) is 0 Å². The number of benzene rings is 2. The molecule has 0 atom stereocenters. The Labute approximate surface area is 169 Å². The van der Waals surface area contributed by atoms with E-state index in [0.29, 0.717) is 34.4 Å². The summed E-state index contributed by atoms with van der Waals surface area (Å²) < 4.78 is 20.3. The average molecular weight is 408 g/mol. The quantitative estimate of drug-likeness (QED) is 0.376. The Balaban J connectivity index is 0.000000464. The third kappa shape index (κ3) is 6.69. The zero-order valence-electron chi connectivity index (χ0n) is 16.1. The smallest absolute Gasteiger partial charge is 0.290 e. The maximum Gasteiger partial charge on any atom is 0.290 e. The lowest BCUT2D eigenvalue weighted by atomic mass is 10.2. The first kappa shape index (κ1) is 25.2. The molecule has 1 aromatic heterocycles. The largest absolute Gasteiger partial charge is 0.493 e. The zero-order chi connectivity index (χ0) is 21.1. The summed E-state index contributed by atoms with van der Waals surface area (Å²) in [5, 5.41) is 6.89. The predicted molar refractivity (Wildman–Crippen MR) is 113 cm³/mol. The lowest BCUT2D eigenvalue weighted by molar-refractivity contribution is -0.122. The van der Waals surface area contributed by atoms with Crippen LogP contribution in [0.1, 0.15) is 7.43 Å². The van der Waals surface area contributed by atoms with Gasteiger partial charge in [-0.2, -0.15) is 0 Å². The number of H-pyrrole nitrogens is 1. The van der Waals surface area contributed by atoms with E-state index < -0.39 is 0 Å². The molecule has 29 heavy (non-hydrogen) atoms. The van der Waals surface area contributed by atoms with Crippen LogP contribution >= 0.6 is 0 Å². The second-order valence-electron chi connectivity index (χ2n) is 5.07. The lowest BCUT2D eigenvalue weighted by Gasteiger charge is -2.09. The number of fused-ring (bicyclic) bond motifs is 1. The summed E-state index contributed by atoms with van der Waals surface area (Å²) in [7, 11) is 6.32. The van der Waals surface area contributed by atoms with Gasteiger partial charge in [-0.25, -0.2) is 4.98 Å². The first-order valence-electron chi connectivity index (χ1n) is 7.85. The number of anilines is 2. The van der Waals surface area contributed by atoms with Gasteiger partial charge in [0, 0.05) is 24.3 Å². The molecular weight excluding hydrogens is 380 g/mol. The van der Waals surface area contributed by atoms with Crippen LogP contribution in [-0.2, 0) is 4.79 Å². The molecule has 0 saturated heterocycles. The Kier molecular flexibility index (Phi) is 10.9. The molecule has 0 aliphatic carbocycles. The van der Waals surface area contributed by atoms with Crippen molar-refractivity contribution in [2.75, 3.05) is 39.9 Å². The van der Waals surface area contributed by atoms with Gasteiger partial charge >= 0.3 is 0 Å². The number of hydrogen-bond acceptors (Lipinski definition) is 8. The van der Waals surface area contributed by atoms with Crippen LogP contribution in [0.15, 0.2) is 30.6 Å². The SMILES string of the molecule is C.COc1cc(N)c(N)cc1OC.COc1cc2nc[nH]c2cc1OC.O=CO. The number of nitrogens with zero attached hydrogens (tertiary/aromatic N) is 1. The van der Waals surface area contributed by atoms with E-state index in [0.717, 1.165) is 11.0 Å². The van der Waals surface area contributed by atoms with E-state index in [-0.39, 0.29) is 13.9 Å². The van der Waals surface area contributed by atoms with Crippen molar-refractivity contribution in [2.45, 2.75) is 7.43 Å². The number of methoxy groups -OCH3 is 4. The van der Waals surface area contributed by atoms with Gasteiger partial charge in [0.25, 0.3) is 6.47 Å². The van der Waals surface area contributed by atoms with Gasteiger partial charge in [-0.1, -0.05) is 7.43 Å². The van der Waals surface area contributed by atoms with E-state index in [4.69, 9.17) is 40.3 Å². The molecule has 10 nitrogen and oxygen atoms in total. The summed E-state index contributed by atoms with van der Waals surface area (Å²) in [5.41, 5.74) is 13.9. The van der Waals surface area contributed by atoms with Crippen molar-refractivity contribution in [3.8, 4) is 23.0 Å². The highest BCUT2D eigenvalue weighted by atomic mass is 16.5. The van der Waals surface area contributed by atoms with Crippen molar-refractivity contribution in [1.29, 1.82) is 0 Å². The Morgan fingerprint density at radius 3 is 1.66 bits per heavy atom. The molecule has 0 unspecified atom stereocenters. The summed E-state index contributed by atoms with van der Waals surface area (Å²) in [6.07, 6.45) is 1.64. The van der Waals surface area contributed by atoms with Gasteiger partial charge in [-0.3, -0.25) is 4.79 Å². The number of carbonyl (C=O) groups is 1. The van der Waals surface area contributed by atoms with Gasteiger partial charge in [0.1, 0.15) is 0 Å². The highest BCUT2D eigenvalue weighted by Gasteiger charge is 2.07. The fourth-order valence-corrected chi connectivity index (χ4v) is 2.17. The molecule has 0 aliphatic heterocycles. The van der Waals surface area contributed by atoms with E-state index in [9.17, 15) is 0 Å². The zero-order valence-corrected chi connectivity index (χ0v) is 16.1. The number of hydrogen-bond donors (Lipinski definition) is 4. The Hall–Kier alpha value is -3.82. The molecule has 0 saturated carbocycles. The van der Waals surface area contributed by atoms with Crippen LogP contribution in [-0.4, -0.2) is 50.0 Å². The van der Waals surface area contributed by atoms with E-state index in [1.165, 1.54) is 0 Å². The fourth-order valence-electron chi connectivity index (χ4n) is 2.17. The molecule has 160 valence electrons. The van der Waals surface area contributed by atoms with Crippen molar-refractivity contribution in [3.05, 3.63) is 30.6 Å². The van der Waals surface area contributed by atoms with Gasteiger partial charge in [0.2, 0.25) is 0 Å². The Bertz CT molecular complexity index is 831. The molecule has 2 aromatic carbocycles. The van der Waals surface area contributed by atoms with Crippen molar-refractivity contribution in [2.24, 2.45) is 0 Å². The highest BCUT2D eigenvalue weighted by molar-refractivity contribution is 5.79. The molecule has 10 heteroatoms. The van der Waals surface area contributed by atoms with Crippen LogP contribution in [0.2, 0.25) is 0 Å². The maximum absolute atomic E-state index is 8.36. The molecule has 0 radical (unpaired) electrons. The third-order valence-electron chi connectivity index (χ3n) is 3.51. The average Bonchev–Trinajstić information content (AvgIpc) is 3.17. The fraction of sp³-hybridized carbons (Fsp3) is 0.263.